The second-order valence-electron chi connectivity index (χ2n) is 6.07. The Bertz CT molecular complexity index is 423. The van der Waals surface area contributed by atoms with Crippen LogP contribution in [0, 0.1) is 5.41 Å². The number of rotatable bonds is 4. The predicted molar refractivity (Wildman–Crippen MR) is 84.9 cm³/mol. The molecule has 3 heteroatoms. The molecule has 1 aromatic rings. The van der Waals surface area contributed by atoms with Gasteiger partial charge in [-0.05, 0) is 48.5 Å². The Morgan fingerprint density at radius 1 is 1.32 bits per heavy atom. The van der Waals surface area contributed by atoms with E-state index in [1.54, 1.807) is 0 Å². The highest BCUT2D eigenvalue weighted by Crippen LogP contribution is 2.34. The van der Waals surface area contributed by atoms with E-state index in [0.29, 0.717) is 12.0 Å². The minimum Gasteiger partial charge on any atom is -0.326 e. The van der Waals surface area contributed by atoms with Crippen LogP contribution < -0.4 is 5.73 Å². The lowest BCUT2D eigenvalue weighted by Crippen LogP contribution is -2.37. The monoisotopic (exact) mass is 324 g/mol. The lowest BCUT2D eigenvalue weighted by Gasteiger charge is -2.39. The van der Waals surface area contributed by atoms with Crippen molar-refractivity contribution in [1.82, 2.24) is 4.90 Å². The molecule has 1 aliphatic heterocycles. The summed E-state index contributed by atoms with van der Waals surface area (Å²) in [7, 11) is 0. The van der Waals surface area contributed by atoms with Gasteiger partial charge in [0.15, 0.2) is 0 Å². The Balaban J connectivity index is 1.96. The number of nitrogens with two attached hydrogens (primary N) is 1. The molecule has 0 bridgehead atoms. The van der Waals surface area contributed by atoms with Gasteiger partial charge < -0.3 is 5.73 Å². The van der Waals surface area contributed by atoms with Crippen LogP contribution in [0.4, 0.5) is 0 Å². The van der Waals surface area contributed by atoms with Crippen LogP contribution in [0.15, 0.2) is 22.7 Å². The molecule has 0 aliphatic carbocycles. The van der Waals surface area contributed by atoms with E-state index >= 15 is 0 Å². The third-order valence-corrected chi connectivity index (χ3v) is 5.40. The molecule has 1 aliphatic rings. The molecule has 0 spiro atoms. The van der Waals surface area contributed by atoms with Gasteiger partial charge in [0.05, 0.1) is 0 Å². The maximum absolute atomic E-state index is 5.67. The Labute approximate surface area is 125 Å². The average Bonchev–Trinajstić information content (AvgIpc) is 2.43. The number of benzene rings is 1. The molecule has 0 atom stereocenters. The molecule has 0 saturated carbocycles. The first-order valence-electron chi connectivity index (χ1n) is 7.26. The molecule has 1 fully saturated rings. The minimum absolute atomic E-state index is 0.567. The third kappa shape index (κ3) is 3.80. The lowest BCUT2D eigenvalue weighted by molar-refractivity contribution is 0.109. The first-order chi connectivity index (χ1) is 9.06. The summed E-state index contributed by atoms with van der Waals surface area (Å²) in [5.74, 6) is 0. The van der Waals surface area contributed by atoms with Gasteiger partial charge in [-0.2, -0.15) is 0 Å². The van der Waals surface area contributed by atoms with E-state index < -0.39 is 0 Å². The zero-order valence-corrected chi connectivity index (χ0v) is 13.7. The van der Waals surface area contributed by atoms with Crippen LogP contribution in [0.2, 0.25) is 0 Å². The van der Waals surface area contributed by atoms with E-state index in [2.05, 4.69) is 52.9 Å². The van der Waals surface area contributed by atoms with Crippen molar-refractivity contribution in [3.8, 4) is 0 Å². The molecule has 0 radical (unpaired) electrons. The quantitative estimate of drug-likeness (QED) is 0.909. The van der Waals surface area contributed by atoms with Crippen molar-refractivity contribution in [2.45, 2.75) is 46.2 Å². The van der Waals surface area contributed by atoms with E-state index in [1.165, 1.54) is 48.0 Å². The van der Waals surface area contributed by atoms with Crippen molar-refractivity contribution in [2.75, 3.05) is 13.1 Å². The van der Waals surface area contributed by atoms with Crippen molar-refractivity contribution in [3.63, 3.8) is 0 Å². The van der Waals surface area contributed by atoms with Gasteiger partial charge in [-0.15, -0.1) is 0 Å². The van der Waals surface area contributed by atoms with Gasteiger partial charge in [0.2, 0.25) is 0 Å². The van der Waals surface area contributed by atoms with Crippen LogP contribution in [0.3, 0.4) is 0 Å². The number of nitrogens with zero attached hydrogens (tertiary/aromatic N) is 1. The van der Waals surface area contributed by atoms with Gasteiger partial charge in [-0.1, -0.05) is 48.3 Å². The SMILES string of the molecule is CCC1(C)CCN(Cc2ccc(CN)cc2Br)CC1. The molecular weight excluding hydrogens is 300 g/mol. The van der Waals surface area contributed by atoms with Crippen LogP contribution in [0.5, 0.6) is 0 Å². The van der Waals surface area contributed by atoms with Crippen LogP contribution in [0.1, 0.15) is 44.2 Å². The summed E-state index contributed by atoms with van der Waals surface area (Å²) >= 11 is 3.67. The van der Waals surface area contributed by atoms with Gasteiger partial charge in [-0.25, -0.2) is 0 Å². The number of piperidine rings is 1. The van der Waals surface area contributed by atoms with E-state index in [0.717, 1.165) is 6.54 Å². The second-order valence-corrected chi connectivity index (χ2v) is 6.92. The smallest absolute Gasteiger partial charge is 0.0244 e. The normalized spacial score (nSPS) is 19.6. The number of hydrogen-bond acceptors (Lipinski definition) is 2. The lowest BCUT2D eigenvalue weighted by atomic mass is 9.78. The number of likely N-dealkylation sites (tertiary alicyclic amines) is 1. The van der Waals surface area contributed by atoms with Crippen molar-refractivity contribution in [3.05, 3.63) is 33.8 Å². The van der Waals surface area contributed by atoms with Gasteiger partial charge >= 0.3 is 0 Å². The van der Waals surface area contributed by atoms with Crippen LogP contribution in [-0.4, -0.2) is 18.0 Å². The van der Waals surface area contributed by atoms with Crippen LogP contribution >= 0.6 is 15.9 Å². The predicted octanol–water partition coefficient (Wildman–Crippen LogP) is 3.92. The Kier molecular flexibility index (Phi) is 5.04. The van der Waals surface area contributed by atoms with E-state index in [4.69, 9.17) is 5.73 Å². The molecule has 2 nitrogen and oxygen atoms in total. The maximum atomic E-state index is 5.67. The zero-order valence-electron chi connectivity index (χ0n) is 12.1. The van der Waals surface area contributed by atoms with Crippen LogP contribution in [0.25, 0.3) is 0 Å². The summed E-state index contributed by atoms with van der Waals surface area (Å²) in [6, 6.07) is 6.50. The molecule has 0 aromatic heterocycles. The minimum atomic E-state index is 0.567. The third-order valence-electron chi connectivity index (χ3n) is 4.66. The zero-order chi connectivity index (χ0) is 13.9. The summed E-state index contributed by atoms with van der Waals surface area (Å²) in [5, 5.41) is 0. The first kappa shape index (κ1) is 15.0. The summed E-state index contributed by atoms with van der Waals surface area (Å²) in [4.78, 5) is 2.57. The molecule has 0 unspecified atom stereocenters. The molecule has 2 N–H and O–H groups in total. The fourth-order valence-corrected chi connectivity index (χ4v) is 3.24. The largest absolute Gasteiger partial charge is 0.326 e. The first-order valence-corrected chi connectivity index (χ1v) is 8.05. The molecule has 1 saturated heterocycles. The van der Waals surface area contributed by atoms with Crippen molar-refractivity contribution < 1.29 is 0 Å². The number of halogens is 1. The van der Waals surface area contributed by atoms with Gasteiger partial charge in [0.25, 0.3) is 0 Å². The molecule has 106 valence electrons. The summed E-state index contributed by atoms with van der Waals surface area (Å²) in [6.07, 6.45) is 3.94. The van der Waals surface area contributed by atoms with Crippen LogP contribution in [-0.2, 0) is 13.1 Å². The topological polar surface area (TPSA) is 29.3 Å². The highest BCUT2D eigenvalue weighted by atomic mass is 79.9. The summed E-state index contributed by atoms with van der Waals surface area (Å²) in [6.45, 7) is 8.83. The van der Waals surface area contributed by atoms with E-state index in [-0.39, 0.29) is 0 Å². The Hall–Kier alpha value is -0.380. The van der Waals surface area contributed by atoms with Crippen molar-refractivity contribution >= 4 is 15.9 Å². The Morgan fingerprint density at radius 2 is 2.00 bits per heavy atom. The molecule has 1 aromatic carbocycles. The average molecular weight is 325 g/mol. The molecule has 0 amide bonds. The van der Waals surface area contributed by atoms with Crippen molar-refractivity contribution in [1.29, 1.82) is 0 Å². The maximum Gasteiger partial charge on any atom is 0.0244 e. The molecule has 2 rings (SSSR count). The second kappa shape index (κ2) is 6.38. The molecular formula is C16H25BrN2. The fraction of sp³-hybridized carbons (Fsp3) is 0.625. The van der Waals surface area contributed by atoms with E-state index in [9.17, 15) is 0 Å². The Morgan fingerprint density at radius 3 is 2.53 bits per heavy atom. The standard InChI is InChI=1S/C16H25BrN2/c1-3-16(2)6-8-19(9-7-16)12-14-5-4-13(11-18)10-15(14)17/h4-5,10H,3,6-9,11-12,18H2,1-2H3. The van der Waals surface area contributed by atoms with Gasteiger partial charge in [-0.3, -0.25) is 4.90 Å². The van der Waals surface area contributed by atoms with Gasteiger partial charge in [0.1, 0.15) is 0 Å². The van der Waals surface area contributed by atoms with E-state index in [1.807, 2.05) is 0 Å². The summed E-state index contributed by atoms with van der Waals surface area (Å²) in [5.41, 5.74) is 8.79. The number of hydrogen-bond donors (Lipinski definition) is 1. The highest BCUT2D eigenvalue weighted by molar-refractivity contribution is 9.10. The fourth-order valence-electron chi connectivity index (χ4n) is 2.69. The van der Waals surface area contributed by atoms with Crippen molar-refractivity contribution in [2.24, 2.45) is 11.1 Å². The van der Waals surface area contributed by atoms with Gasteiger partial charge in [0, 0.05) is 17.6 Å². The summed E-state index contributed by atoms with van der Waals surface area (Å²) < 4.78 is 1.19. The molecule has 19 heavy (non-hydrogen) atoms. The highest BCUT2D eigenvalue weighted by Gasteiger charge is 2.28. The molecule has 1 heterocycles.